The van der Waals surface area contributed by atoms with E-state index in [1.54, 1.807) is 16.8 Å². The lowest BCUT2D eigenvalue weighted by Crippen LogP contribution is -2.36. The molecule has 6 saturated heterocycles. The second-order valence-corrected chi connectivity index (χ2v) is 27.2. The Morgan fingerprint density at radius 1 is 0.490 bits per heavy atom. The zero-order valence-electron chi connectivity index (χ0n) is 47.9. The zero-order valence-corrected chi connectivity index (χ0v) is 52.2. The highest BCUT2D eigenvalue weighted by molar-refractivity contribution is 7.48. The summed E-state index contributed by atoms with van der Waals surface area (Å²) >= 11 is 4.82. The molecule has 516 valence electrons. The SMILES string of the molecule is Nc1nc2c(ncn2[C@@H]2O[C@@H]3COP(=O)(O)OC4[C@@H](COP(=O)(O)O[C@H]2C3O)O[C@@H](n2cnc3c(N)ncnc32)[C@H]4O)c(=O)[nH]1.Nc1nc2c(ncn2[C@@H]2O[C@@H]3COP(=O)(O)OC4[C@@H](COP(=O)(O)O[C@H]2C3O)O[C@@H](n2cnc3c2ncn2ccnc32)[C@H]4O)c(=O)[nH]1.O=CCCl. The van der Waals surface area contributed by atoms with Gasteiger partial charge in [0.05, 0.1) is 57.6 Å². The molecule has 6 aliphatic heterocycles. The summed E-state index contributed by atoms with van der Waals surface area (Å²) < 4.78 is 124. The quantitative estimate of drug-likeness (QED) is 0.0450. The Kier molecular flexibility index (Phi) is 18.2. The molecule has 15 heterocycles. The molecular formula is C44H51ClN20O27P4. The molecule has 0 aromatic carbocycles. The molecule has 6 fully saturated rings. The molecule has 16 N–H and O–H groups in total. The van der Waals surface area contributed by atoms with E-state index in [-0.39, 0.29) is 62.7 Å². The molecule has 0 amide bonds. The Bertz CT molecular complexity index is 4770. The van der Waals surface area contributed by atoms with E-state index < -0.39 is 167 Å². The number of phosphoric ester groups is 4. The van der Waals surface area contributed by atoms with E-state index in [0.717, 1.165) is 28.1 Å². The molecule has 52 heteroatoms. The number of rotatable bonds is 5. The predicted molar refractivity (Wildman–Crippen MR) is 310 cm³/mol. The Morgan fingerprint density at radius 2 is 0.875 bits per heavy atom. The molecule has 47 nitrogen and oxygen atoms in total. The average molecular weight is 1450 g/mol. The monoisotopic (exact) mass is 1450 g/mol. The van der Waals surface area contributed by atoms with Gasteiger partial charge in [-0.15, -0.1) is 11.6 Å². The molecule has 8 unspecified atom stereocenters. The maximum absolute atomic E-state index is 13.3. The minimum Gasteiger partial charge on any atom is -0.387 e. The number of nitrogen functional groups attached to an aromatic ring is 3. The summed E-state index contributed by atoms with van der Waals surface area (Å²) in [4.78, 5) is 122. The third-order valence-corrected chi connectivity index (χ3v) is 19.3. The Balaban J connectivity index is 0.000000165. The van der Waals surface area contributed by atoms with Gasteiger partial charge >= 0.3 is 31.3 Å². The Hall–Kier alpha value is -7.18. The highest BCUT2D eigenvalue weighted by atomic mass is 35.5. The Labute approximate surface area is 534 Å². The summed E-state index contributed by atoms with van der Waals surface area (Å²) in [7, 11) is -20.4. The number of hydrogen-bond donors (Lipinski definition) is 13. The summed E-state index contributed by atoms with van der Waals surface area (Å²) in [6.45, 7) is -3.28. The number of phosphoric acid groups is 4. The van der Waals surface area contributed by atoms with Crippen molar-refractivity contribution in [2.24, 2.45) is 0 Å². The van der Waals surface area contributed by atoms with Crippen LogP contribution in [0.15, 0.2) is 59.9 Å². The first-order valence-corrected chi connectivity index (χ1v) is 34.1. The van der Waals surface area contributed by atoms with Gasteiger partial charge in [0.25, 0.3) is 11.1 Å². The molecule has 0 spiro atoms. The summed E-state index contributed by atoms with van der Waals surface area (Å²) in [5, 5.41) is 44.4. The second kappa shape index (κ2) is 25.9. The smallest absolute Gasteiger partial charge is 0.387 e. The molecule has 0 saturated carbocycles. The number of imidazole rings is 5. The Morgan fingerprint density at radius 3 is 1.32 bits per heavy atom. The molecule has 0 radical (unpaired) electrons. The molecule has 0 aliphatic carbocycles. The van der Waals surface area contributed by atoms with Crippen molar-refractivity contribution < 1.29 is 118 Å². The van der Waals surface area contributed by atoms with Crippen LogP contribution in [0.4, 0.5) is 17.7 Å². The van der Waals surface area contributed by atoms with Crippen LogP contribution < -0.4 is 28.3 Å². The maximum atomic E-state index is 13.3. The third kappa shape index (κ3) is 12.9. The molecular weight excluding hydrogens is 1400 g/mol. The number of nitrogens with two attached hydrogens (primary N) is 3. The summed E-state index contributed by atoms with van der Waals surface area (Å²) in [5.41, 5.74) is 16.5. The predicted octanol–water partition coefficient (Wildman–Crippen LogP) is -3.59. The lowest BCUT2D eigenvalue weighted by Gasteiger charge is -2.25. The van der Waals surface area contributed by atoms with Gasteiger partial charge in [-0.1, -0.05) is 0 Å². The van der Waals surface area contributed by atoms with Crippen molar-refractivity contribution in [1.29, 1.82) is 0 Å². The summed E-state index contributed by atoms with van der Waals surface area (Å²) in [5.74, 6) is -0.419. The van der Waals surface area contributed by atoms with Crippen LogP contribution in [0, 0.1) is 0 Å². The fraction of sp³-hybridized carbons (Fsp3) is 0.477. The zero-order chi connectivity index (χ0) is 68.1. The van der Waals surface area contributed by atoms with Crippen LogP contribution in [0.3, 0.4) is 0 Å². The summed E-state index contributed by atoms with van der Waals surface area (Å²) in [6, 6.07) is 0. The lowest BCUT2D eigenvalue weighted by atomic mass is 10.1. The van der Waals surface area contributed by atoms with Gasteiger partial charge in [-0.3, -0.25) is 78.4 Å². The summed E-state index contributed by atoms with van der Waals surface area (Å²) in [6.07, 6.45) is -14.1. The van der Waals surface area contributed by atoms with Crippen molar-refractivity contribution in [3.05, 3.63) is 71.1 Å². The molecule has 6 aliphatic rings. The van der Waals surface area contributed by atoms with Gasteiger partial charge < -0.3 is 80.9 Å². The minimum absolute atomic E-state index is 0.0343. The van der Waals surface area contributed by atoms with Crippen LogP contribution in [0.2, 0.25) is 0 Å². The van der Waals surface area contributed by atoms with E-state index >= 15 is 0 Å². The first-order valence-electron chi connectivity index (χ1n) is 27.6. The van der Waals surface area contributed by atoms with Crippen LogP contribution in [0.5, 0.6) is 0 Å². The molecule has 9 aromatic heterocycles. The van der Waals surface area contributed by atoms with Crippen LogP contribution in [0.25, 0.3) is 50.3 Å². The number of anilines is 3. The highest BCUT2D eigenvalue weighted by Gasteiger charge is 2.56. The number of aromatic nitrogens is 17. The maximum Gasteiger partial charge on any atom is 0.472 e. The number of aliphatic hydroxyl groups is 4. The van der Waals surface area contributed by atoms with Gasteiger partial charge in [0.1, 0.15) is 97.7 Å². The number of H-pyrrole nitrogens is 2. The lowest BCUT2D eigenvalue weighted by molar-refractivity contribution is -0.105. The molecule has 20 atom stereocenters. The number of carbonyl (C=O) groups is 1. The van der Waals surface area contributed by atoms with Crippen molar-refractivity contribution >= 4 is 117 Å². The fourth-order valence-electron chi connectivity index (χ4n) is 11.1. The number of carbonyl (C=O) groups excluding carboxylic acids is 1. The van der Waals surface area contributed by atoms with Crippen molar-refractivity contribution in [3.63, 3.8) is 0 Å². The van der Waals surface area contributed by atoms with Crippen LogP contribution in [-0.4, -0.2) is 234 Å². The minimum atomic E-state index is -5.11. The van der Waals surface area contributed by atoms with Crippen molar-refractivity contribution in [2.75, 3.05) is 49.5 Å². The number of hydrogen-bond acceptors (Lipinski definition) is 36. The largest absolute Gasteiger partial charge is 0.472 e. The number of nitrogens with one attached hydrogen (secondary N) is 2. The number of halogens is 1. The second-order valence-electron chi connectivity index (χ2n) is 21.2. The van der Waals surface area contributed by atoms with Crippen LogP contribution in [0.1, 0.15) is 24.9 Å². The van der Waals surface area contributed by atoms with Gasteiger partial charge in [0.2, 0.25) is 11.9 Å². The first-order chi connectivity index (χ1) is 45.6. The van der Waals surface area contributed by atoms with Crippen molar-refractivity contribution in [2.45, 2.75) is 98.2 Å². The molecule has 9 aromatic rings. The normalized spacial score (nSPS) is 35.9. The molecule has 96 heavy (non-hydrogen) atoms. The topological polar surface area (TPSA) is 655 Å². The number of nitrogens with zero attached hydrogens (tertiary/aromatic N) is 15. The van der Waals surface area contributed by atoms with Crippen LogP contribution >= 0.6 is 42.9 Å². The van der Waals surface area contributed by atoms with Gasteiger partial charge in [-0.05, 0) is 0 Å². The van der Waals surface area contributed by atoms with Gasteiger partial charge in [-0.2, -0.15) is 9.97 Å². The number of aromatic amines is 2. The van der Waals surface area contributed by atoms with E-state index in [1.807, 2.05) is 0 Å². The number of ether oxygens (including phenoxy) is 4. The average Bonchev–Trinajstić information content (AvgIpc) is 1.63. The van der Waals surface area contributed by atoms with Gasteiger partial charge in [0, 0.05) is 12.4 Å². The van der Waals surface area contributed by atoms with Gasteiger partial charge in [-0.25, -0.2) is 58.1 Å². The van der Waals surface area contributed by atoms with E-state index in [1.165, 1.54) is 28.1 Å². The van der Waals surface area contributed by atoms with Crippen molar-refractivity contribution in [3.8, 4) is 0 Å². The fourth-order valence-corrected chi connectivity index (χ4v) is 14.9. The standard InChI is InChI=1S/C22H24N10O13P2.C20H24N10O13P2.C2H3ClO/c23-22-28-18-11(19(35)29-22)26-7-32(18)21-15-12(33)8(42-21)3-40-46(36,37)44-14-9(4-41-47(38,39)45-15)43-20(13(14)34)31-6-25-10-16-24-1-2-30(16)5-27-17(10)31;21-14-8-15(24-3-23-14)29(4-25-8)18-11(32)12-7(41-18)2-39-45(36,37)43-13-10(31)6(1-38-44(34,35)42-12)40-19(13)30-5-26-9-16(30)27-20(22)28-17(9)33;3-1-2-4/h1-2,5-9,12-15,20-21,33-34H,3-4H2,(H,36,37)(H,38,39)(H3,23,28,29,35);3-7,10-13,18-19,31-32H,1-2H2,(H,34,35)(H,36,37)(H2,21,23,24)(H3,22,27,28,33);2H,1H2/t8-,9-,12?,13+,14?,15+,20-,21-;6-,7-,10?,11+,12?,13+,18-,19-;/m11./s1. The van der Waals surface area contributed by atoms with E-state index in [2.05, 4.69) is 59.8 Å². The number of alkyl halides is 1. The van der Waals surface area contributed by atoms with E-state index in [0.29, 0.717) is 17.5 Å². The third-order valence-electron chi connectivity index (χ3n) is 15.3. The molecule has 4 bridgehead atoms. The van der Waals surface area contributed by atoms with Crippen molar-refractivity contribution in [1.82, 2.24) is 82.5 Å². The molecule has 15 rings (SSSR count). The highest BCUT2D eigenvalue weighted by Crippen LogP contribution is 2.56. The van der Waals surface area contributed by atoms with Crippen LogP contribution in [-0.2, 0) is 78.2 Å². The van der Waals surface area contributed by atoms with Gasteiger partial charge in [0.15, 0.2) is 75.5 Å². The first kappa shape index (κ1) is 67.4. The van der Waals surface area contributed by atoms with E-state index in [9.17, 15) is 67.8 Å². The number of aldehydes is 1. The number of aliphatic hydroxyl groups excluding tert-OH is 4. The van der Waals surface area contributed by atoms with E-state index in [4.69, 9.17) is 88.7 Å². The number of fused-ring (bicyclic) bond motifs is 12.